The molecule has 0 saturated heterocycles. The van der Waals surface area contributed by atoms with Gasteiger partial charge in [0.15, 0.2) is 5.78 Å². The van der Waals surface area contributed by atoms with Crippen molar-refractivity contribution in [1.82, 2.24) is 0 Å². The zero-order valence-corrected chi connectivity index (χ0v) is 7.45. The lowest BCUT2D eigenvalue weighted by atomic mass is 10.1. The third kappa shape index (κ3) is 2.31. The van der Waals surface area contributed by atoms with Crippen LogP contribution in [0.4, 0.5) is 22.0 Å². The average Bonchev–Trinajstić information content (AvgIpc) is 2.06. The largest absolute Gasteiger partial charge is 0.419 e. The predicted octanol–water partition coefficient (Wildman–Crippen LogP) is 3.19. The molecule has 1 aromatic rings. The van der Waals surface area contributed by atoms with Crippen LogP contribution in [0.3, 0.4) is 0 Å². The molecule has 0 heterocycles. The maximum absolute atomic E-state index is 12.9. The molecule has 6 heteroatoms. The topological polar surface area (TPSA) is 17.1 Å². The van der Waals surface area contributed by atoms with Crippen molar-refractivity contribution in [2.24, 2.45) is 0 Å². The molecule has 1 nitrogen and oxygen atoms in total. The van der Waals surface area contributed by atoms with E-state index >= 15 is 0 Å². The summed E-state index contributed by atoms with van der Waals surface area (Å²) in [6.07, 6.45) is -4.97. The van der Waals surface area contributed by atoms with Crippen molar-refractivity contribution in [2.45, 2.75) is 13.1 Å². The van der Waals surface area contributed by atoms with E-state index in [4.69, 9.17) is 0 Å². The molecule has 0 bridgehead atoms. The lowest BCUT2D eigenvalue weighted by molar-refractivity contribution is -0.140. The Hall–Kier alpha value is -1.46. The highest BCUT2D eigenvalue weighted by Crippen LogP contribution is 2.32. The molecule has 0 atom stereocenters. The molecule has 15 heavy (non-hydrogen) atoms. The van der Waals surface area contributed by atoms with Crippen molar-refractivity contribution in [3.05, 3.63) is 34.9 Å². The Balaban J connectivity index is 3.39. The minimum absolute atomic E-state index is 0.0218. The highest BCUT2D eigenvalue weighted by Gasteiger charge is 2.35. The second-order valence-electron chi connectivity index (χ2n) is 2.87. The van der Waals surface area contributed by atoms with Crippen molar-refractivity contribution in [3.63, 3.8) is 0 Å². The summed E-state index contributed by atoms with van der Waals surface area (Å²) in [5.41, 5.74) is -2.41. The highest BCUT2D eigenvalue weighted by atomic mass is 19.4. The Morgan fingerprint density at radius 2 is 1.67 bits per heavy atom. The van der Waals surface area contributed by atoms with E-state index in [1.54, 1.807) is 0 Å². The highest BCUT2D eigenvalue weighted by molar-refractivity contribution is 5.94. The van der Waals surface area contributed by atoms with Crippen LogP contribution in [0.5, 0.6) is 0 Å². The van der Waals surface area contributed by atoms with Crippen molar-refractivity contribution in [3.8, 4) is 0 Å². The van der Waals surface area contributed by atoms with E-state index in [2.05, 4.69) is 0 Å². The minimum atomic E-state index is -4.97. The van der Waals surface area contributed by atoms with Crippen LogP contribution in [0.15, 0.2) is 12.1 Å². The molecule has 0 aliphatic heterocycles. The number of hydrogen-bond acceptors (Lipinski definition) is 1. The molecule has 0 fully saturated rings. The number of carbonyl (C=O) groups is 1. The number of carbonyl (C=O) groups excluding carboxylic acids is 1. The van der Waals surface area contributed by atoms with Crippen LogP contribution >= 0.6 is 0 Å². The SMILES string of the molecule is CC(=O)c1cc(F)c(C(F)(F)F)cc1F. The van der Waals surface area contributed by atoms with Gasteiger partial charge in [0.05, 0.1) is 11.1 Å². The van der Waals surface area contributed by atoms with Gasteiger partial charge in [0.1, 0.15) is 11.6 Å². The number of alkyl halides is 3. The molecular formula is C9H5F5O. The summed E-state index contributed by atoms with van der Waals surface area (Å²) in [4.78, 5) is 10.7. The van der Waals surface area contributed by atoms with Crippen molar-refractivity contribution in [1.29, 1.82) is 0 Å². The van der Waals surface area contributed by atoms with E-state index in [1.807, 2.05) is 0 Å². The minimum Gasteiger partial charge on any atom is -0.294 e. The summed E-state index contributed by atoms with van der Waals surface area (Å²) in [6, 6.07) is 0.229. The molecule has 0 aliphatic carbocycles. The zero-order chi connectivity index (χ0) is 11.8. The third-order valence-electron chi connectivity index (χ3n) is 1.74. The molecule has 1 aromatic carbocycles. The van der Waals surface area contributed by atoms with Gasteiger partial charge in [-0.15, -0.1) is 0 Å². The van der Waals surface area contributed by atoms with Crippen molar-refractivity contribution < 1.29 is 26.7 Å². The van der Waals surface area contributed by atoms with Gasteiger partial charge in [0, 0.05) is 0 Å². The fraction of sp³-hybridized carbons (Fsp3) is 0.222. The molecular weight excluding hydrogens is 219 g/mol. The number of Topliss-reactive ketones (excluding diaryl/α,β-unsaturated/α-hetero) is 1. The summed E-state index contributed by atoms with van der Waals surface area (Å²) in [5.74, 6) is -3.87. The van der Waals surface area contributed by atoms with Crippen LogP contribution in [-0.4, -0.2) is 5.78 Å². The Labute approximate surface area is 81.5 Å². The van der Waals surface area contributed by atoms with Crippen LogP contribution in [0.25, 0.3) is 0 Å². The second kappa shape index (κ2) is 3.60. The first-order chi connectivity index (χ1) is 6.73. The molecule has 0 amide bonds. The maximum Gasteiger partial charge on any atom is 0.419 e. The molecule has 0 saturated carbocycles. The third-order valence-corrected chi connectivity index (χ3v) is 1.74. The molecule has 0 aromatic heterocycles. The quantitative estimate of drug-likeness (QED) is 0.528. The molecule has 0 N–H and O–H groups in total. The second-order valence-corrected chi connectivity index (χ2v) is 2.87. The van der Waals surface area contributed by atoms with Crippen LogP contribution in [0, 0.1) is 11.6 Å². The van der Waals surface area contributed by atoms with Gasteiger partial charge in [-0.05, 0) is 19.1 Å². The van der Waals surface area contributed by atoms with E-state index in [9.17, 15) is 26.7 Å². The number of ketones is 1. The van der Waals surface area contributed by atoms with E-state index in [0.717, 1.165) is 6.92 Å². The maximum atomic E-state index is 12.9. The normalized spacial score (nSPS) is 11.6. The summed E-state index contributed by atoms with van der Waals surface area (Å²) in [6.45, 7) is 0.936. The average molecular weight is 224 g/mol. The summed E-state index contributed by atoms with van der Waals surface area (Å²) >= 11 is 0. The molecule has 0 spiro atoms. The van der Waals surface area contributed by atoms with Gasteiger partial charge in [-0.25, -0.2) is 8.78 Å². The van der Waals surface area contributed by atoms with Gasteiger partial charge < -0.3 is 0 Å². The number of benzene rings is 1. The van der Waals surface area contributed by atoms with Crippen LogP contribution in [0.2, 0.25) is 0 Å². The van der Waals surface area contributed by atoms with Gasteiger partial charge >= 0.3 is 6.18 Å². The smallest absolute Gasteiger partial charge is 0.294 e. The summed E-state index contributed by atoms with van der Waals surface area (Å²) in [5, 5.41) is 0. The van der Waals surface area contributed by atoms with Crippen molar-refractivity contribution >= 4 is 5.78 Å². The molecule has 0 unspecified atom stereocenters. The lowest BCUT2D eigenvalue weighted by Crippen LogP contribution is -2.11. The summed E-state index contributed by atoms with van der Waals surface area (Å²) < 4.78 is 62.0. The molecule has 0 radical (unpaired) electrons. The monoisotopic (exact) mass is 224 g/mol. The Kier molecular flexibility index (Phi) is 2.79. The Morgan fingerprint density at radius 1 is 1.13 bits per heavy atom. The van der Waals surface area contributed by atoms with Gasteiger partial charge in [0.25, 0.3) is 0 Å². The standard InChI is InChI=1S/C9H5F5O/c1-4(15)5-2-8(11)6(3-7(5)10)9(12,13)14/h2-3H,1H3. The van der Waals surface area contributed by atoms with Gasteiger partial charge in [-0.2, -0.15) is 13.2 Å². The summed E-state index contributed by atoms with van der Waals surface area (Å²) in [7, 11) is 0. The fourth-order valence-electron chi connectivity index (χ4n) is 1.03. The first kappa shape index (κ1) is 11.6. The van der Waals surface area contributed by atoms with Crippen LogP contribution in [-0.2, 0) is 6.18 Å². The van der Waals surface area contributed by atoms with Gasteiger partial charge in [-0.3, -0.25) is 4.79 Å². The lowest BCUT2D eigenvalue weighted by Gasteiger charge is -2.09. The molecule has 82 valence electrons. The Morgan fingerprint density at radius 3 is 2.07 bits per heavy atom. The number of hydrogen-bond donors (Lipinski definition) is 0. The van der Waals surface area contributed by atoms with Gasteiger partial charge in [-0.1, -0.05) is 0 Å². The number of rotatable bonds is 1. The van der Waals surface area contributed by atoms with Crippen LogP contribution < -0.4 is 0 Å². The predicted molar refractivity (Wildman–Crippen MR) is 41.4 cm³/mol. The fourth-order valence-corrected chi connectivity index (χ4v) is 1.03. The first-order valence-corrected chi connectivity index (χ1v) is 3.80. The molecule has 1 rings (SSSR count). The van der Waals surface area contributed by atoms with E-state index in [1.165, 1.54) is 0 Å². The number of halogens is 5. The van der Waals surface area contributed by atoms with E-state index < -0.39 is 34.7 Å². The van der Waals surface area contributed by atoms with Gasteiger partial charge in [0.2, 0.25) is 0 Å². The zero-order valence-electron chi connectivity index (χ0n) is 7.45. The van der Waals surface area contributed by atoms with E-state index in [-0.39, 0.29) is 12.1 Å². The Bertz CT molecular complexity index is 408. The van der Waals surface area contributed by atoms with Crippen LogP contribution in [0.1, 0.15) is 22.8 Å². The first-order valence-electron chi connectivity index (χ1n) is 3.80. The van der Waals surface area contributed by atoms with Crippen molar-refractivity contribution in [2.75, 3.05) is 0 Å². The van der Waals surface area contributed by atoms with E-state index in [0.29, 0.717) is 0 Å². The molecule has 0 aliphatic rings.